The highest BCUT2D eigenvalue weighted by atomic mass is 35.5. The van der Waals surface area contributed by atoms with Crippen molar-refractivity contribution in [2.24, 2.45) is 11.8 Å². The summed E-state index contributed by atoms with van der Waals surface area (Å²) in [5.41, 5.74) is 2.13. The molecule has 26 heavy (non-hydrogen) atoms. The molecule has 0 aliphatic carbocycles. The number of benzene rings is 1. The van der Waals surface area contributed by atoms with Crippen LogP contribution in [0, 0.1) is 11.8 Å². The van der Waals surface area contributed by atoms with Crippen LogP contribution in [0.4, 0.5) is 11.4 Å². The van der Waals surface area contributed by atoms with E-state index in [0.717, 1.165) is 37.6 Å². The average Bonchev–Trinajstić information content (AvgIpc) is 2.61. The maximum absolute atomic E-state index is 13.0. The first kappa shape index (κ1) is 19.3. The smallest absolute Gasteiger partial charge is 0.244 e. The van der Waals surface area contributed by atoms with Crippen molar-refractivity contribution in [3.63, 3.8) is 0 Å². The van der Waals surface area contributed by atoms with Gasteiger partial charge in [-0.15, -0.1) is 0 Å². The van der Waals surface area contributed by atoms with Crippen LogP contribution in [-0.2, 0) is 4.79 Å². The highest BCUT2D eigenvalue weighted by molar-refractivity contribution is 6.31. The van der Waals surface area contributed by atoms with Gasteiger partial charge >= 0.3 is 0 Å². The second kappa shape index (κ2) is 8.51. The molecule has 0 spiro atoms. The third kappa shape index (κ3) is 4.64. The lowest BCUT2D eigenvalue weighted by Crippen LogP contribution is -2.48. The van der Waals surface area contributed by atoms with E-state index in [1.54, 1.807) is 0 Å². The van der Waals surface area contributed by atoms with E-state index in [9.17, 15) is 4.79 Å². The first-order chi connectivity index (χ1) is 12.4. The van der Waals surface area contributed by atoms with E-state index < -0.39 is 0 Å². The highest BCUT2D eigenvalue weighted by Gasteiger charge is 2.28. The molecule has 4 nitrogen and oxygen atoms in total. The van der Waals surface area contributed by atoms with Gasteiger partial charge in [-0.05, 0) is 62.6 Å². The van der Waals surface area contributed by atoms with Crippen molar-refractivity contribution in [2.75, 3.05) is 36.4 Å². The van der Waals surface area contributed by atoms with Crippen molar-refractivity contribution >= 4 is 28.9 Å². The molecule has 0 unspecified atom stereocenters. The fourth-order valence-corrected chi connectivity index (χ4v) is 4.62. The van der Waals surface area contributed by atoms with Gasteiger partial charge in [0.05, 0.1) is 11.4 Å². The van der Waals surface area contributed by atoms with Crippen LogP contribution in [0.1, 0.15) is 46.5 Å². The Bertz CT molecular complexity index is 620. The summed E-state index contributed by atoms with van der Waals surface area (Å²) in [5, 5.41) is 4.16. The predicted molar refractivity (Wildman–Crippen MR) is 110 cm³/mol. The van der Waals surface area contributed by atoms with Crippen LogP contribution >= 0.6 is 11.6 Å². The topological polar surface area (TPSA) is 35.6 Å². The molecule has 2 aliphatic heterocycles. The van der Waals surface area contributed by atoms with Gasteiger partial charge < -0.3 is 15.1 Å². The Morgan fingerprint density at radius 3 is 2.46 bits per heavy atom. The zero-order valence-electron chi connectivity index (χ0n) is 16.3. The number of likely N-dealkylation sites (tertiary alicyclic amines) is 1. The minimum atomic E-state index is -0.255. The normalized spacial score (nSPS) is 25.1. The number of halogens is 1. The molecule has 2 saturated heterocycles. The molecule has 2 fully saturated rings. The number of nitrogens with one attached hydrogen (secondary N) is 1. The van der Waals surface area contributed by atoms with Crippen LogP contribution in [0.2, 0.25) is 5.02 Å². The number of carbonyl (C=O) groups excluding carboxylic acids is 1. The van der Waals surface area contributed by atoms with E-state index in [-0.39, 0.29) is 11.9 Å². The summed E-state index contributed by atoms with van der Waals surface area (Å²) in [6.07, 6.45) is 4.95. The molecule has 144 valence electrons. The maximum atomic E-state index is 13.0. The first-order valence-corrected chi connectivity index (χ1v) is 10.4. The summed E-state index contributed by atoms with van der Waals surface area (Å²) in [6.45, 7) is 10.3. The lowest BCUT2D eigenvalue weighted by molar-refractivity contribution is -0.134. The Morgan fingerprint density at radius 1 is 1.15 bits per heavy atom. The Hall–Kier alpha value is -1.42. The van der Waals surface area contributed by atoms with E-state index >= 15 is 0 Å². The van der Waals surface area contributed by atoms with Crippen LogP contribution in [0.3, 0.4) is 0 Å². The lowest BCUT2D eigenvalue weighted by Gasteiger charge is -2.37. The summed E-state index contributed by atoms with van der Waals surface area (Å²) in [6, 6.07) is 5.72. The van der Waals surface area contributed by atoms with Crippen molar-refractivity contribution in [1.29, 1.82) is 0 Å². The number of rotatable bonds is 4. The van der Waals surface area contributed by atoms with E-state index in [4.69, 9.17) is 11.6 Å². The predicted octanol–water partition coefficient (Wildman–Crippen LogP) is 4.64. The fraction of sp³-hybridized carbons (Fsp3) is 0.667. The summed E-state index contributed by atoms with van der Waals surface area (Å²) in [5.74, 6) is 1.34. The molecule has 0 bridgehead atoms. The molecule has 3 atom stereocenters. The zero-order chi connectivity index (χ0) is 18.7. The van der Waals surface area contributed by atoms with E-state index in [1.807, 2.05) is 24.0 Å². The van der Waals surface area contributed by atoms with Crippen LogP contribution in [-0.4, -0.2) is 43.0 Å². The third-order valence-corrected chi connectivity index (χ3v) is 5.81. The Balaban J connectivity index is 1.72. The van der Waals surface area contributed by atoms with Crippen molar-refractivity contribution < 1.29 is 4.79 Å². The Labute approximate surface area is 162 Å². The van der Waals surface area contributed by atoms with E-state index in [0.29, 0.717) is 16.9 Å². The van der Waals surface area contributed by atoms with Gasteiger partial charge in [0.1, 0.15) is 6.04 Å². The molecule has 0 aromatic heterocycles. The van der Waals surface area contributed by atoms with Gasteiger partial charge in [0.15, 0.2) is 0 Å². The highest BCUT2D eigenvalue weighted by Crippen LogP contribution is 2.32. The maximum Gasteiger partial charge on any atom is 0.244 e. The number of carbonyl (C=O) groups is 1. The summed E-state index contributed by atoms with van der Waals surface area (Å²) < 4.78 is 0. The van der Waals surface area contributed by atoms with Crippen LogP contribution < -0.4 is 10.2 Å². The van der Waals surface area contributed by atoms with Gasteiger partial charge in [-0.1, -0.05) is 25.4 Å². The lowest BCUT2D eigenvalue weighted by atomic mass is 9.91. The van der Waals surface area contributed by atoms with Crippen molar-refractivity contribution in [2.45, 2.75) is 52.5 Å². The largest absolute Gasteiger partial charge is 0.372 e. The van der Waals surface area contributed by atoms with Gasteiger partial charge in [0, 0.05) is 31.2 Å². The molecule has 1 aromatic rings. The van der Waals surface area contributed by atoms with Crippen molar-refractivity contribution in [1.82, 2.24) is 4.90 Å². The number of piperidine rings is 2. The molecule has 1 aromatic carbocycles. The SMILES string of the molecule is C[C@@H]1C[C@@H](C)CN(C(=O)[C@@H](C)Nc2cc(Cl)ccc2N2CCCCC2)C1. The van der Waals surface area contributed by atoms with E-state index in [2.05, 4.69) is 30.1 Å². The molecule has 0 saturated carbocycles. The monoisotopic (exact) mass is 377 g/mol. The van der Waals surface area contributed by atoms with Gasteiger partial charge in [0.2, 0.25) is 5.91 Å². The van der Waals surface area contributed by atoms with Gasteiger partial charge in [-0.3, -0.25) is 4.79 Å². The molecule has 1 amide bonds. The van der Waals surface area contributed by atoms with Gasteiger partial charge in [-0.25, -0.2) is 0 Å². The molecule has 2 aliphatic rings. The van der Waals surface area contributed by atoms with Crippen molar-refractivity contribution in [3.8, 4) is 0 Å². The summed E-state index contributed by atoms with van der Waals surface area (Å²) in [7, 11) is 0. The first-order valence-electron chi connectivity index (χ1n) is 10.0. The Morgan fingerprint density at radius 2 is 1.81 bits per heavy atom. The molecular weight excluding hydrogens is 346 g/mol. The molecular formula is C21H32ClN3O. The average molecular weight is 378 g/mol. The molecule has 1 N–H and O–H groups in total. The second-order valence-electron chi connectivity index (χ2n) is 8.26. The number of hydrogen-bond donors (Lipinski definition) is 1. The van der Waals surface area contributed by atoms with Crippen molar-refractivity contribution in [3.05, 3.63) is 23.2 Å². The van der Waals surface area contributed by atoms with Gasteiger partial charge in [0.25, 0.3) is 0 Å². The molecule has 0 radical (unpaired) electrons. The van der Waals surface area contributed by atoms with Crippen LogP contribution in [0.15, 0.2) is 18.2 Å². The summed E-state index contributed by atoms with van der Waals surface area (Å²) >= 11 is 6.25. The quantitative estimate of drug-likeness (QED) is 0.830. The third-order valence-electron chi connectivity index (χ3n) is 5.58. The second-order valence-corrected chi connectivity index (χ2v) is 8.70. The number of hydrogen-bond acceptors (Lipinski definition) is 3. The summed E-state index contributed by atoms with van der Waals surface area (Å²) in [4.78, 5) is 17.4. The number of nitrogens with zero attached hydrogens (tertiary/aromatic N) is 2. The number of amides is 1. The van der Waals surface area contributed by atoms with Crippen LogP contribution in [0.25, 0.3) is 0 Å². The molecule has 3 rings (SSSR count). The molecule has 2 heterocycles. The zero-order valence-corrected chi connectivity index (χ0v) is 17.1. The standard InChI is InChI=1S/C21H32ClN3O/c1-15-11-16(2)14-25(13-15)21(26)17(3)23-19-12-18(22)7-8-20(19)24-9-5-4-6-10-24/h7-8,12,15-17,23H,4-6,9-11,13-14H2,1-3H3/t15-,16-,17-/m1/s1. The number of anilines is 2. The minimum Gasteiger partial charge on any atom is -0.372 e. The van der Waals surface area contributed by atoms with E-state index in [1.165, 1.54) is 25.7 Å². The van der Waals surface area contributed by atoms with Crippen LogP contribution in [0.5, 0.6) is 0 Å². The fourth-order valence-electron chi connectivity index (χ4n) is 4.45. The van der Waals surface area contributed by atoms with Gasteiger partial charge in [-0.2, -0.15) is 0 Å². The molecule has 5 heteroatoms. The Kier molecular flexibility index (Phi) is 6.33. The minimum absolute atomic E-state index is 0.188.